The number of carbonyl (C=O) groups is 3. The highest BCUT2D eigenvalue weighted by molar-refractivity contribution is 5.88. The Morgan fingerprint density at radius 3 is 1.94 bits per heavy atom. The van der Waals surface area contributed by atoms with Gasteiger partial charge >= 0.3 is 0 Å². The summed E-state index contributed by atoms with van der Waals surface area (Å²) < 4.78 is 0. The zero-order valence-electron chi connectivity index (χ0n) is 19.6. The van der Waals surface area contributed by atoms with Gasteiger partial charge in [0.25, 0.3) is 11.8 Å². The van der Waals surface area contributed by atoms with E-state index in [1.54, 1.807) is 4.90 Å². The van der Waals surface area contributed by atoms with Crippen LogP contribution in [0.5, 0.6) is 0 Å². The summed E-state index contributed by atoms with van der Waals surface area (Å²) in [7, 11) is 0. The van der Waals surface area contributed by atoms with Gasteiger partial charge in [0, 0.05) is 38.1 Å². The Morgan fingerprint density at radius 1 is 0.727 bits per heavy atom. The van der Waals surface area contributed by atoms with Crippen LogP contribution in [0.15, 0.2) is 0 Å². The Kier molecular flexibility index (Phi) is 6.18. The molecule has 2 atom stereocenters. The van der Waals surface area contributed by atoms with Crippen molar-refractivity contribution in [2.45, 2.75) is 94.3 Å². The van der Waals surface area contributed by atoms with Gasteiger partial charge < -0.3 is 25.3 Å². The van der Waals surface area contributed by atoms with Crippen LogP contribution in [0.1, 0.15) is 77.0 Å². The molecule has 4 aliphatic carbocycles. The first kappa shape index (κ1) is 23.1. The lowest BCUT2D eigenvalue weighted by Crippen LogP contribution is -2.54. The Hall–Kier alpha value is -1.67. The fraction of sp³-hybridized carbons (Fsp3) is 0.880. The molecule has 0 aromatic heterocycles. The average molecular weight is 462 g/mol. The number of hydrogen-bond acceptors (Lipinski definition) is 5. The van der Waals surface area contributed by atoms with Crippen LogP contribution in [0.4, 0.5) is 0 Å². The van der Waals surface area contributed by atoms with E-state index in [1.807, 2.05) is 4.90 Å². The minimum atomic E-state index is -1.12. The van der Waals surface area contributed by atoms with Crippen LogP contribution >= 0.6 is 0 Å². The summed E-state index contributed by atoms with van der Waals surface area (Å²) in [6.07, 6.45) is 10.6. The van der Waals surface area contributed by atoms with Crippen molar-refractivity contribution < 1.29 is 24.6 Å². The lowest BCUT2D eigenvalue weighted by Gasteiger charge is -2.41. The number of rotatable bonds is 5. The van der Waals surface area contributed by atoms with Crippen molar-refractivity contribution >= 4 is 17.7 Å². The van der Waals surface area contributed by atoms with Crippen LogP contribution in [0.2, 0.25) is 0 Å². The summed E-state index contributed by atoms with van der Waals surface area (Å²) in [6, 6.07) is 0.174. The molecule has 3 N–H and O–H groups in total. The smallest absolute Gasteiger partial charge is 0.254 e. The molecule has 2 unspecified atom stereocenters. The molecule has 5 rings (SSSR count). The standard InChI is InChI=1S/C25H39N3O5/c29-21(27-12-14-28(15-13-27)23(31)25(33)10-11-25)18-6-4-17(5-7-18)19-2-1-3-20(16-19)26-22(30)24(32)8-9-24/h17-20,32-33H,1-16H2,(H,26,30). The molecular weight excluding hydrogens is 422 g/mol. The normalized spacial score (nSPS) is 35.0. The Labute approximate surface area is 196 Å². The Bertz CT molecular complexity index is 777. The van der Waals surface area contributed by atoms with E-state index in [0.29, 0.717) is 63.7 Å². The predicted molar refractivity (Wildman–Crippen MR) is 121 cm³/mol. The number of hydrogen-bond donors (Lipinski definition) is 3. The zero-order valence-corrected chi connectivity index (χ0v) is 19.6. The van der Waals surface area contributed by atoms with Crippen LogP contribution in [-0.2, 0) is 14.4 Å². The molecule has 0 spiro atoms. The highest BCUT2D eigenvalue weighted by Crippen LogP contribution is 2.42. The molecule has 5 fully saturated rings. The van der Waals surface area contributed by atoms with Crippen LogP contribution in [0.3, 0.4) is 0 Å². The lowest BCUT2D eigenvalue weighted by molar-refractivity contribution is -0.148. The van der Waals surface area contributed by atoms with Gasteiger partial charge in [0.05, 0.1) is 0 Å². The number of carbonyl (C=O) groups excluding carboxylic acids is 3. The first-order chi connectivity index (χ1) is 15.8. The maximum atomic E-state index is 13.1. The van der Waals surface area contributed by atoms with Gasteiger partial charge in [-0.2, -0.15) is 0 Å². The molecule has 1 aliphatic heterocycles. The molecule has 1 heterocycles. The summed E-state index contributed by atoms with van der Waals surface area (Å²) in [5.41, 5.74) is -2.22. The first-order valence-electron chi connectivity index (χ1n) is 13.1. The van der Waals surface area contributed by atoms with E-state index in [1.165, 1.54) is 6.42 Å². The lowest BCUT2D eigenvalue weighted by atomic mass is 9.70. The monoisotopic (exact) mass is 461 g/mol. The molecule has 8 heteroatoms. The molecule has 4 saturated carbocycles. The van der Waals surface area contributed by atoms with Crippen LogP contribution in [0.25, 0.3) is 0 Å². The van der Waals surface area contributed by atoms with E-state index in [4.69, 9.17) is 0 Å². The van der Waals surface area contributed by atoms with Crippen LogP contribution in [0, 0.1) is 17.8 Å². The predicted octanol–water partition coefficient (Wildman–Crippen LogP) is 1.19. The zero-order chi connectivity index (χ0) is 23.2. The molecule has 8 nitrogen and oxygen atoms in total. The quantitative estimate of drug-likeness (QED) is 0.570. The Morgan fingerprint density at radius 2 is 1.33 bits per heavy atom. The van der Waals surface area contributed by atoms with Crippen molar-refractivity contribution in [2.24, 2.45) is 17.8 Å². The number of piperazine rings is 1. The number of amides is 3. The van der Waals surface area contributed by atoms with Gasteiger partial charge in [0.2, 0.25) is 5.91 Å². The van der Waals surface area contributed by atoms with Crippen molar-refractivity contribution in [3.63, 3.8) is 0 Å². The van der Waals surface area contributed by atoms with Gasteiger partial charge in [0.1, 0.15) is 11.2 Å². The van der Waals surface area contributed by atoms with Crippen molar-refractivity contribution in [1.29, 1.82) is 0 Å². The molecule has 33 heavy (non-hydrogen) atoms. The van der Waals surface area contributed by atoms with Gasteiger partial charge in [-0.05, 0) is 76.0 Å². The molecule has 184 valence electrons. The third-order valence-corrected chi connectivity index (χ3v) is 8.98. The molecule has 0 aromatic rings. The fourth-order valence-corrected chi connectivity index (χ4v) is 6.30. The Balaban J connectivity index is 1.05. The second-order valence-electron chi connectivity index (χ2n) is 11.4. The summed E-state index contributed by atoms with van der Waals surface area (Å²) in [5.74, 6) is 1.18. The molecular formula is C25H39N3O5. The number of nitrogens with zero attached hydrogens (tertiary/aromatic N) is 2. The fourth-order valence-electron chi connectivity index (χ4n) is 6.30. The summed E-state index contributed by atoms with van der Waals surface area (Å²) >= 11 is 0. The summed E-state index contributed by atoms with van der Waals surface area (Å²) in [4.78, 5) is 41.3. The van der Waals surface area contributed by atoms with Crippen molar-refractivity contribution in [3.05, 3.63) is 0 Å². The van der Waals surface area contributed by atoms with E-state index in [9.17, 15) is 24.6 Å². The second kappa shape index (κ2) is 8.84. The second-order valence-corrected chi connectivity index (χ2v) is 11.4. The SMILES string of the molecule is O=C(C1CCC(C2CCCC(NC(=O)C3(O)CC3)C2)CC1)N1CCN(C(=O)C2(O)CC2)CC1. The topological polar surface area (TPSA) is 110 Å². The van der Waals surface area contributed by atoms with Crippen LogP contribution < -0.4 is 5.32 Å². The third kappa shape index (κ3) is 4.92. The van der Waals surface area contributed by atoms with Gasteiger partial charge in [-0.25, -0.2) is 0 Å². The molecule has 0 radical (unpaired) electrons. The molecule has 0 bridgehead atoms. The van der Waals surface area contributed by atoms with Crippen molar-refractivity contribution in [2.75, 3.05) is 26.2 Å². The average Bonchev–Trinajstić information content (AvgIpc) is 3.77. The summed E-state index contributed by atoms with van der Waals surface area (Å²) in [5, 5.41) is 23.2. The van der Waals surface area contributed by atoms with Crippen molar-refractivity contribution in [3.8, 4) is 0 Å². The van der Waals surface area contributed by atoms with Gasteiger partial charge in [-0.1, -0.05) is 12.8 Å². The number of nitrogens with one attached hydrogen (secondary N) is 1. The maximum absolute atomic E-state index is 13.1. The van der Waals surface area contributed by atoms with E-state index in [2.05, 4.69) is 5.32 Å². The third-order valence-electron chi connectivity index (χ3n) is 8.98. The van der Waals surface area contributed by atoms with Crippen molar-refractivity contribution in [1.82, 2.24) is 15.1 Å². The van der Waals surface area contributed by atoms with Gasteiger partial charge in [-0.3, -0.25) is 14.4 Å². The molecule has 5 aliphatic rings. The van der Waals surface area contributed by atoms with Gasteiger partial charge in [-0.15, -0.1) is 0 Å². The molecule has 1 saturated heterocycles. The van der Waals surface area contributed by atoms with E-state index in [0.717, 1.165) is 44.9 Å². The minimum absolute atomic E-state index is 0.0827. The van der Waals surface area contributed by atoms with Gasteiger partial charge in [0.15, 0.2) is 0 Å². The highest BCUT2D eigenvalue weighted by atomic mass is 16.3. The number of aliphatic hydroxyl groups is 2. The molecule has 3 amide bonds. The first-order valence-corrected chi connectivity index (χ1v) is 13.1. The largest absolute Gasteiger partial charge is 0.380 e. The molecule has 0 aromatic carbocycles. The highest BCUT2D eigenvalue weighted by Gasteiger charge is 2.51. The van der Waals surface area contributed by atoms with Crippen LogP contribution in [-0.4, -0.2) is 81.2 Å². The van der Waals surface area contributed by atoms with E-state index >= 15 is 0 Å². The van der Waals surface area contributed by atoms with E-state index in [-0.39, 0.29) is 29.7 Å². The minimum Gasteiger partial charge on any atom is -0.380 e. The summed E-state index contributed by atoms with van der Waals surface area (Å²) in [6.45, 7) is 2.17. The van der Waals surface area contributed by atoms with E-state index < -0.39 is 11.2 Å². The maximum Gasteiger partial charge on any atom is 0.254 e.